The number of hydrogen-bond donors (Lipinski definition) is 1. The Hall–Kier alpha value is -2.29. The standard InChI is InChI=1S/C15H15BF6O7S/c1-2-11(23)28-10-5-8(6-16)3-4-9(10)12(24)29-13(14(17,18)19,15(20,21)22)7-30(25,26)27/h3-5H,2,6-7,16H2,1H3,(H,25,26,27). The average molecular weight is 464 g/mol. The minimum Gasteiger partial charge on any atom is -0.434 e. The molecule has 0 saturated carbocycles. The van der Waals surface area contributed by atoms with Gasteiger partial charge in [-0.3, -0.25) is 9.35 Å². The van der Waals surface area contributed by atoms with Gasteiger partial charge in [0.1, 0.15) is 24.9 Å². The molecule has 30 heavy (non-hydrogen) atoms. The van der Waals surface area contributed by atoms with E-state index in [9.17, 15) is 44.3 Å². The van der Waals surface area contributed by atoms with Crippen LogP contribution in [0.25, 0.3) is 0 Å². The van der Waals surface area contributed by atoms with Crippen LogP contribution in [0.15, 0.2) is 18.2 Å². The van der Waals surface area contributed by atoms with Crippen LogP contribution in [-0.2, 0) is 26.0 Å². The van der Waals surface area contributed by atoms with Crippen LogP contribution < -0.4 is 4.74 Å². The van der Waals surface area contributed by atoms with Crippen molar-refractivity contribution in [1.82, 2.24) is 0 Å². The molecule has 0 fully saturated rings. The van der Waals surface area contributed by atoms with Crippen molar-refractivity contribution in [3.05, 3.63) is 29.3 Å². The van der Waals surface area contributed by atoms with Gasteiger partial charge in [-0.05, 0) is 12.1 Å². The van der Waals surface area contributed by atoms with Crippen LogP contribution in [-0.4, -0.2) is 56.5 Å². The number of benzene rings is 1. The Kier molecular flexibility index (Phi) is 7.58. The summed E-state index contributed by atoms with van der Waals surface area (Å²) in [5, 5.41) is 0. The smallest absolute Gasteiger partial charge is 0.434 e. The van der Waals surface area contributed by atoms with Crippen molar-refractivity contribution in [2.75, 3.05) is 5.75 Å². The number of alkyl halides is 6. The average Bonchev–Trinajstić information content (AvgIpc) is 2.57. The molecule has 0 saturated heterocycles. The van der Waals surface area contributed by atoms with Gasteiger partial charge in [0.05, 0.1) is 0 Å². The highest BCUT2D eigenvalue weighted by Gasteiger charge is 2.76. The first-order valence-electron chi connectivity index (χ1n) is 8.13. The molecule has 0 aromatic heterocycles. The minimum absolute atomic E-state index is 0.233. The van der Waals surface area contributed by atoms with Gasteiger partial charge < -0.3 is 9.47 Å². The number of carbonyl (C=O) groups is 2. The number of esters is 2. The van der Waals surface area contributed by atoms with Gasteiger partial charge in [-0.2, -0.15) is 34.8 Å². The molecule has 0 amide bonds. The molecule has 1 N–H and O–H groups in total. The third kappa shape index (κ3) is 5.87. The fourth-order valence-electron chi connectivity index (χ4n) is 2.17. The van der Waals surface area contributed by atoms with E-state index >= 15 is 0 Å². The Morgan fingerprint density at radius 2 is 1.63 bits per heavy atom. The minimum atomic E-state index is -6.47. The van der Waals surface area contributed by atoms with Crippen LogP contribution in [0.4, 0.5) is 26.3 Å². The van der Waals surface area contributed by atoms with Crippen molar-refractivity contribution in [3.63, 3.8) is 0 Å². The maximum Gasteiger partial charge on any atom is 0.438 e. The molecule has 0 aliphatic rings. The summed E-state index contributed by atoms with van der Waals surface area (Å²) in [6.07, 6.45) is -12.9. The molecule has 0 spiro atoms. The number of ether oxygens (including phenoxy) is 2. The monoisotopic (exact) mass is 464 g/mol. The number of carbonyl (C=O) groups excluding carboxylic acids is 2. The molecular weight excluding hydrogens is 449 g/mol. The summed E-state index contributed by atoms with van der Waals surface area (Å²) in [6.45, 7) is 1.34. The topological polar surface area (TPSA) is 107 Å². The van der Waals surface area contributed by atoms with Crippen molar-refractivity contribution >= 4 is 29.9 Å². The van der Waals surface area contributed by atoms with Gasteiger partial charge in [0.15, 0.2) is 0 Å². The second-order valence-electron chi connectivity index (χ2n) is 5.95. The van der Waals surface area contributed by atoms with E-state index in [0.29, 0.717) is 11.9 Å². The summed E-state index contributed by atoms with van der Waals surface area (Å²) in [4.78, 5) is 23.7. The molecular formula is C15H15BF6O7S. The predicted octanol–water partition coefficient (Wildman–Crippen LogP) is 2.04. The normalized spacial score (nSPS) is 13.1. The second-order valence-corrected chi connectivity index (χ2v) is 7.40. The molecule has 0 heterocycles. The maximum atomic E-state index is 13.3. The highest BCUT2D eigenvalue weighted by molar-refractivity contribution is 7.85. The molecule has 1 rings (SSSR count). The van der Waals surface area contributed by atoms with Crippen LogP contribution in [0.3, 0.4) is 0 Å². The number of halogens is 6. The molecule has 1 aromatic carbocycles. The molecule has 0 radical (unpaired) electrons. The van der Waals surface area contributed by atoms with Crippen LogP contribution in [0.1, 0.15) is 29.3 Å². The number of rotatable bonds is 7. The van der Waals surface area contributed by atoms with E-state index in [0.717, 1.165) is 18.2 Å². The van der Waals surface area contributed by atoms with Crippen LogP contribution >= 0.6 is 0 Å². The van der Waals surface area contributed by atoms with Gasteiger partial charge in [-0.15, -0.1) is 0 Å². The lowest BCUT2D eigenvalue weighted by molar-refractivity contribution is -0.356. The van der Waals surface area contributed by atoms with Gasteiger partial charge in [0.25, 0.3) is 10.1 Å². The predicted molar refractivity (Wildman–Crippen MR) is 91.3 cm³/mol. The Morgan fingerprint density at radius 3 is 2.03 bits per heavy atom. The molecule has 0 aliphatic carbocycles. The summed E-state index contributed by atoms with van der Waals surface area (Å²) in [5.41, 5.74) is -6.14. The van der Waals surface area contributed by atoms with E-state index in [-0.39, 0.29) is 6.42 Å². The first kappa shape index (κ1) is 25.8. The summed E-state index contributed by atoms with van der Waals surface area (Å²) < 4.78 is 119. The van der Waals surface area contributed by atoms with Crippen molar-refractivity contribution in [2.45, 2.75) is 37.6 Å². The molecule has 0 unspecified atom stereocenters. The lowest BCUT2D eigenvalue weighted by atomic mass is 9.95. The molecule has 0 atom stereocenters. The van der Waals surface area contributed by atoms with Crippen LogP contribution in [0, 0.1) is 0 Å². The van der Waals surface area contributed by atoms with E-state index in [1.165, 1.54) is 6.92 Å². The van der Waals surface area contributed by atoms with Crippen molar-refractivity contribution in [2.24, 2.45) is 0 Å². The maximum absolute atomic E-state index is 13.3. The van der Waals surface area contributed by atoms with Crippen molar-refractivity contribution in [1.29, 1.82) is 0 Å². The first-order chi connectivity index (χ1) is 13.5. The van der Waals surface area contributed by atoms with Gasteiger partial charge in [0, 0.05) is 6.42 Å². The van der Waals surface area contributed by atoms with Gasteiger partial charge >= 0.3 is 29.9 Å². The molecule has 0 aliphatic heterocycles. The Bertz CT molecular complexity index is 897. The number of hydrogen-bond acceptors (Lipinski definition) is 6. The van der Waals surface area contributed by atoms with Gasteiger partial charge in [-0.25, -0.2) is 4.79 Å². The molecule has 7 nitrogen and oxygen atoms in total. The Balaban J connectivity index is 3.59. The van der Waals surface area contributed by atoms with Crippen molar-refractivity contribution in [3.8, 4) is 5.75 Å². The zero-order chi connectivity index (χ0) is 23.5. The second kappa shape index (κ2) is 8.84. The van der Waals surface area contributed by atoms with E-state index in [4.69, 9.17) is 9.29 Å². The Labute approximate surface area is 167 Å². The molecule has 168 valence electrons. The lowest BCUT2D eigenvalue weighted by Gasteiger charge is -2.35. The van der Waals surface area contributed by atoms with Gasteiger partial charge in [0.2, 0.25) is 0 Å². The van der Waals surface area contributed by atoms with E-state index in [2.05, 4.69) is 4.74 Å². The molecule has 1 aromatic rings. The fourth-order valence-corrected chi connectivity index (χ4v) is 3.07. The summed E-state index contributed by atoms with van der Waals surface area (Å²) in [5.74, 6) is -6.91. The third-order valence-electron chi connectivity index (χ3n) is 3.76. The largest absolute Gasteiger partial charge is 0.438 e. The SMILES string of the molecule is BCc1ccc(C(=O)OC(CS(=O)(=O)O)(C(F)(F)F)C(F)(F)F)c(OC(=O)CC)c1. The van der Waals surface area contributed by atoms with Crippen molar-refractivity contribution < 1.29 is 58.4 Å². The summed E-state index contributed by atoms with van der Waals surface area (Å²) in [7, 11) is -4.29. The van der Waals surface area contributed by atoms with E-state index < -0.39 is 57.1 Å². The summed E-state index contributed by atoms with van der Waals surface area (Å²) in [6, 6.07) is 2.96. The van der Waals surface area contributed by atoms with E-state index in [1.807, 2.05) is 0 Å². The molecule has 0 bridgehead atoms. The fraction of sp³-hybridized carbons (Fsp3) is 0.467. The summed E-state index contributed by atoms with van der Waals surface area (Å²) >= 11 is 0. The lowest BCUT2D eigenvalue weighted by Crippen LogP contribution is -2.63. The zero-order valence-corrected chi connectivity index (χ0v) is 16.2. The molecule has 15 heteroatoms. The first-order valence-corrected chi connectivity index (χ1v) is 9.74. The Morgan fingerprint density at radius 1 is 1.10 bits per heavy atom. The van der Waals surface area contributed by atoms with Gasteiger partial charge in [-0.1, -0.05) is 24.9 Å². The zero-order valence-electron chi connectivity index (χ0n) is 15.4. The van der Waals surface area contributed by atoms with Crippen LogP contribution in [0.5, 0.6) is 5.75 Å². The van der Waals surface area contributed by atoms with E-state index in [1.54, 1.807) is 7.85 Å². The van der Waals surface area contributed by atoms with Crippen LogP contribution in [0.2, 0.25) is 0 Å². The quantitative estimate of drug-likeness (QED) is 0.217. The highest BCUT2D eigenvalue weighted by Crippen LogP contribution is 2.47. The third-order valence-corrected chi connectivity index (χ3v) is 4.53. The highest BCUT2D eigenvalue weighted by atomic mass is 32.2.